The summed E-state index contributed by atoms with van der Waals surface area (Å²) in [7, 11) is 0. The van der Waals surface area contributed by atoms with Crippen LogP contribution in [0.4, 0.5) is 13.2 Å². The van der Waals surface area contributed by atoms with Crippen molar-refractivity contribution in [3.05, 3.63) is 95.1 Å². The number of nitrogens with one attached hydrogen (secondary N) is 1. The van der Waals surface area contributed by atoms with Crippen LogP contribution in [0, 0.1) is 0 Å². The Balaban J connectivity index is 1.69. The largest absolute Gasteiger partial charge is 0.472 e. The van der Waals surface area contributed by atoms with Crippen LogP contribution in [0.2, 0.25) is 0 Å². The number of aromatic amines is 1. The maximum absolute atomic E-state index is 13.4. The van der Waals surface area contributed by atoms with Gasteiger partial charge in [-0.1, -0.05) is 30.3 Å². The normalized spacial score (nSPS) is 16.6. The summed E-state index contributed by atoms with van der Waals surface area (Å²) in [5.74, 6) is -0.282. The first kappa shape index (κ1) is 18.5. The fourth-order valence-electron chi connectivity index (χ4n) is 4.24. The molecule has 0 spiro atoms. The van der Waals surface area contributed by atoms with E-state index in [2.05, 4.69) is 4.98 Å². The van der Waals surface area contributed by atoms with Gasteiger partial charge in [0.15, 0.2) is 0 Å². The van der Waals surface area contributed by atoms with Gasteiger partial charge in [0.2, 0.25) is 0 Å². The minimum Gasteiger partial charge on any atom is -0.472 e. The second-order valence-corrected chi connectivity index (χ2v) is 7.35. The van der Waals surface area contributed by atoms with Crippen molar-refractivity contribution in [2.24, 2.45) is 0 Å². The number of para-hydroxylation sites is 1. The van der Waals surface area contributed by atoms with Gasteiger partial charge in [0.25, 0.3) is 5.91 Å². The van der Waals surface area contributed by atoms with Crippen molar-refractivity contribution >= 4 is 16.8 Å². The van der Waals surface area contributed by atoms with Crippen LogP contribution >= 0.6 is 0 Å². The molecular formula is C23H17F3N2O2. The second-order valence-electron chi connectivity index (χ2n) is 7.35. The molecule has 1 N–H and O–H groups in total. The third-order valence-electron chi connectivity index (χ3n) is 5.59. The van der Waals surface area contributed by atoms with Crippen molar-refractivity contribution in [3.8, 4) is 0 Å². The Kier molecular flexibility index (Phi) is 4.20. The van der Waals surface area contributed by atoms with E-state index in [-0.39, 0.29) is 5.91 Å². The maximum Gasteiger partial charge on any atom is 0.416 e. The molecule has 0 fully saturated rings. The van der Waals surface area contributed by atoms with E-state index in [1.165, 1.54) is 18.6 Å². The molecule has 0 saturated heterocycles. The van der Waals surface area contributed by atoms with E-state index in [0.717, 1.165) is 34.3 Å². The smallest absolute Gasteiger partial charge is 0.416 e. The zero-order chi connectivity index (χ0) is 20.9. The third kappa shape index (κ3) is 2.98. The van der Waals surface area contributed by atoms with Crippen molar-refractivity contribution in [2.75, 3.05) is 6.54 Å². The van der Waals surface area contributed by atoms with Gasteiger partial charge in [-0.2, -0.15) is 13.2 Å². The zero-order valence-electron chi connectivity index (χ0n) is 15.7. The Bertz CT molecular complexity index is 1220. The monoisotopic (exact) mass is 410 g/mol. The number of alkyl halides is 3. The lowest BCUT2D eigenvalue weighted by atomic mass is 9.91. The first-order chi connectivity index (χ1) is 14.4. The lowest BCUT2D eigenvalue weighted by Gasteiger charge is -2.36. The summed E-state index contributed by atoms with van der Waals surface area (Å²) in [4.78, 5) is 18.1. The Labute approximate surface area is 169 Å². The van der Waals surface area contributed by atoms with Crippen LogP contribution in [0.1, 0.15) is 38.8 Å². The Hall–Kier alpha value is -3.48. The van der Waals surface area contributed by atoms with E-state index in [9.17, 15) is 18.0 Å². The first-order valence-electron chi connectivity index (χ1n) is 9.53. The average Bonchev–Trinajstić information content (AvgIpc) is 3.40. The number of furan rings is 1. The average molecular weight is 410 g/mol. The molecule has 0 radical (unpaired) electrons. The molecule has 1 aliphatic heterocycles. The molecule has 1 aliphatic rings. The van der Waals surface area contributed by atoms with E-state index in [1.807, 2.05) is 24.3 Å². The highest BCUT2D eigenvalue weighted by Gasteiger charge is 2.37. The quantitative estimate of drug-likeness (QED) is 0.470. The Morgan fingerprint density at radius 1 is 1.10 bits per heavy atom. The summed E-state index contributed by atoms with van der Waals surface area (Å²) < 4.78 is 45.2. The van der Waals surface area contributed by atoms with Crippen LogP contribution in [0.5, 0.6) is 0 Å². The van der Waals surface area contributed by atoms with Gasteiger partial charge >= 0.3 is 6.18 Å². The topological polar surface area (TPSA) is 49.2 Å². The van der Waals surface area contributed by atoms with Gasteiger partial charge in [0.05, 0.1) is 23.4 Å². The molecule has 4 aromatic rings. The first-order valence-corrected chi connectivity index (χ1v) is 9.53. The number of fused-ring (bicyclic) bond motifs is 3. The van der Waals surface area contributed by atoms with Crippen LogP contribution in [-0.2, 0) is 12.6 Å². The minimum absolute atomic E-state index is 0.282. The number of amides is 1. The third-order valence-corrected chi connectivity index (χ3v) is 5.59. The number of carbonyl (C=O) groups excluding carboxylic acids is 1. The molecule has 3 heterocycles. The van der Waals surface area contributed by atoms with Crippen LogP contribution in [0.25, 0.3) is 10.9 Å². The minimum atomic E-state index is -4.46. The van der Waals surface area contributed by atoms with Gasteiger partial charge in [-0.25, -0.2) is 0 Å². The fourth-order valence-corrected chi connectivity index (χ4v) is 4.24. The highest BCUT2D eigenvalue weighted by atomic mass is 19.4. The van der Waals surface area contributed by atoms with E-state index < -0.39 is 17.8 Å². The number of carbonyl (C=O) groups is 1. The molecule has 152 valence electrons. The predicted octanol–water partition coefficient (Wildman–Crippen LogP) is 5.57. The number of benzene rings is 2. The van der Waals surface area contributed by atoms with Crippen molar-refractivity contribution in [1.29, 1.82) is 0 Å². The summed E-state index contributed by atoms with van der Waals surface area (Å²) in [6, 6.07) is 13.8. The van der Waals surface area contributed by atoms with Crippen LogP contribution in [0.3, 0.4) is 0 Å². The van der Waals surface area contributed by atoms with Gasteiger partial charge in [-0.15, -0.1) is 0 Å². The predicted molar refractivity (Wildman–Crippen MR) is 105 cm³/mol. The van der Waals surface area contributed by atoms with E-state index >= 15 is 0 Å². The lowest BCUT2D eigenvalue weighted by molar-refractivity contribution is -0.137. The number of hydrogen-bond donors (Lipinski definition) is 1. The molecule has 5 rings (SSSR count). The summed E-state index contributed by atoms with van der Waals surface area (Å²) in [6.45, 7) is 0.389. The molecule has 0 saturated carbocycles. The van der Waals surface area contributed by atoms with Gasteiger partial charge in [0, 0.05) is 23.1 Å². The number of hydrogen-bond acceptors (Lipinski definition) is 2. The summed E-state index contributed by atoms with van der Waals surface area (Å²) in [5.41, 5.74) is 2.72. The van der Waals surface area contributed by atoms with Gasteiger partial charge in [0.1, 0.15) is 6.26 Å². The van der Waals surface area contributed by atoms with Crippen molar-refractivity contribution in [3.63, 3.8) is 0 Å². The number of aromatic nitrogens is 1. The Morgan fingerprint density at radius 3 is 2.70 bits per heavy atom. The van der Waals surface area contributed by atoms with Crippen molar-refractivity contribution in [1.82, 2.24) is 9.88 Å². The number of nitrogens with zero attached hydrogens (tertiary/aromatic N) is 1. The molecule has 7 heteroatoms. The molecule has 0 bridgehead atoms. The van der Waals surface area contributed by atoms with Gasteiger partial charge in [-0.3, -0.25) is 4.79 Å². The number of H-pyrrole nitrogens is 1. The standard InChI is InChI=1S/C23H17F3N2O2/c24-23(25,26)16-5-3-4-14(12-16)21-20-18(17-6-1-2-7-19(17)27-20)8-10-28(21)22(29)15-9-11-30-13-15/h1-7,9,11-13,21,27H,8,10H2/t21-/m0/s1. The van der Waals surface area contributed by atoms with Crippen molar-refractivity contribution in [2.45, 2.75) is 18.6 Å². The SMILES string of the molecule is O=C(c1ccoc1)N1CCc2c([nH]c3ccccc23)[C@@H]1c1cccc(C(F)(F)F)c1. The van der Waals surface area contributed by atoms with E-state index in [0.29, 0.717) is 24.1 Å². The molecule has 2 aromatic heterocycles. The fraction of sp³-hybridized carbons (Fsp3) is 0.174. The zero-order valence-corrected chi connectivity index (χ0v) is 15.7. The summed E-state index contributed by atoms with van der Waals surface area (Å²) >= 11 is 0. The molecule has 0 unspecified atom stereocenters. The lowest BCUT2D eigenvalue weighted by Crippen LogP contribution is -2.40. The van der Waals surface area contributed by atoms with Crippen LogP contribution < -0.4 is 0 Å². The molecule has 1 atom stereocenters. The number of rotatable bonds is 2. The van der Waals surface area contributed by atoms with Gasteiger partial charge in [-0.05, 0) is 41.8 Å². The summed E-state index contributed by atoms with van der Waals surface area (Å²) in [5, 5.41) is 1.03. The van der Waals surface area contributed by atoms with Crippen molar-refractivity contribution < 1.29 is 22.4 Å². The molecule has 30 heavy (non-hydrogen) atoms. The van der Waals surface area contributed by atoms with E-state index in [4.69, 9.17) is 4.42 Å². The molecule has 1 amide bonds. The van der Waals surface area contributed by atoms with Crippen LogP contribution in [0.15, 0.2) is 71.5 Å². The molecule has 0 aliphatic carbocycles. The number of halogens is 3. The second kappa shape index (κ2) is 6.79. The maximum atomic E-state index is 13.4. The summed E-state index contributed by atoms with van der Waals surface area (Å²) in [6.07, 6.45) is -1.09. The van der Waals surface area contributed by atoms with Crippen LogP contribution in [-0.4, -0.2) is 22.3 Å². The highest BCUT2D eigenvalue weighted by Crippen LogP contribution is 2.40. The molecule has 4 nitrogen and oxygen atoms in total. The molecular weight excluding hydrogens is 393 g/mol. The Morgan fingerprint density at radius 2 is 1.93 bits per heavy atom. The highest BCUT2D eigenvalue weighted by molar-refractivity contribution is 5.95. The van der Waals surface area contributed by atoms with Gasteiger partial charge < -0.3 is 14.3 Å². The van der Waals surface area contributed by atoms with E-state index in [1.54, 1.807) is 17.0 Å². The molecule has 2 aromatic carbocycles.